The van der Waals surface area contributed by atoms with Crippen molar-refractivity contribution < 1.29 is 38.2 Å². The van der Waals surface area contributed by atoms with Gasteiger partial charge in [0.25, 0.3) is 0 Å². The van der Waals surface area contributed by atoms with Gasteiger partial charge < -0.3 is 23.8 Å². The third kappa shape index (κ3) is 38.3. The Labute approximate surface area is 349 Å². The number of carboxylic acids is 1. The summed E-state index contributed by atoms with van der Waals surface area (Å²) in [6, 6.07) is -0.623. The van der Waals surface area contributed by atoms with Crippen LogP contribution in [-0.2, 0) is 28.6 Å². The number of hydrogen-bond acceptors (Lipinski definition) is 6. The van der Waals surface area contributed by atoms with E-state index < -0.39 is 18.1 Å². The minimum absolute atomic E-state index is 0.0430. The molecule has 2 unspecified atom stereocenters. The zero-order valence-corrected chi connectivity index (χ0v) is 37.3. The molecule has 0 aliphatic carbocycles. The highest BCUT2D eigenvalue weighted by atomic mass is 16.6. The van der Waals surface area contributed by atoms with Gasteiger partial charge in [-0.15, -0.1) is 0 Å². The summed E-state index contributed by atoms with van der Waals surface area (Å²) in [5.74, 6) is -1.52. The molecular formula is C49H86NO7+. The van der Waals surface area contributed by atoms with Gasteiger partial charge in [0.15, 0.2) is 12.1 Å². The van der Waals surface area contributed by atoms with Crippen LogP contribution in [0.4, 0.5) is 0 Å². The van der Waals surface area contributed by atoms with Crippen molar-refractivity contribution in [2.45, 2.75) is 193 Å². The van der Waals surface area contributed by atoms with Crippen molar-refractivity contribution >= 4 is 17.9 Å². The first-order valence-corrected chi connectivity index (χ1v) is 22.8. The molecule has 0 fully saturated rings. The van der Waals surface area contributed by atoms with Crippen LogP contribution in [0.25, 0.3) is 0 Å². The number of carbonyl (C=O) groups is 3. The lowest BCUT2D eigenvalue weighted by Crippen LogP contribution is -2.50. The number of unbranched alkanes of at least 4 members (excludes halogenated alkanes) is 16. The largest absolute Gasteiger partial charge is 0.477 e. The van der Waals surface area contributed by atoms with Crippen molar-refractivity contribution in [2.24, 2.45) is 0 Å². The molecule has 1 N–H and O–H groups in total. The summed E-state index contributed by atoms with van der Waals surface area (Å²) in [6.45, 7) is 4.65. The van der Waals surface area contributed by atoms with Crippen molar-refractivity contribution in [2.75, 3.05) is 41.0 Å². The van der Waals surface area contributed by atoms with Gasteiger partial charge in [-0.2, -0.15) is 0 Å². The number of hydrogen-bond donors (Lipinski definition) is 1. The topological polar surface area (TPSA) is 99.1 Å². The Balaban J connectivity index is 4.41. The number of aliphatic carboxylic acids is 1. The SMILES string of the molecule is CCCCC/C=C/C/C=C/C/C=C/C/C=C/C/C=C/CCCCC(=O)OC(COCCC(C(=O)O)[N+](C)(C)C)COC(=O)CCCCCCCCCCCCCC. The van der Waals surface area contributed by atoms with Crippen LogP contribution in [0.15, 0.2) is 60.8 Å². The third-order valence-electron chi connectivity index (χ3n) is 9.92. The molecule has 0 aromatic heterocycles. The molecule has 0 aliphatic rings. The standard InChI is InChI=1S/C49H85NO7/c1-6-8-10-12-14-16-18-20-21-22-23-24-25-26-27-28-30-32-34-36-38-40-48(52)57-45(43-55-42-41-46(49(53)54)50(3,4)5)44-56-47(51)39-37-35-33-31-29-19-17-15-13-11-9-7-2/h14,16,20-21,23-24,26-27,30,32,45-46H,6-13,15,17-19,22,25,28-29,31,33-44H2,1-5H3/p+1/b16-14+,21-20+,24-23+,27-26+,32-30+. The molecule has 0 aliphatic heterocycles. The lowest BCUT2D eigenvalue weighted by atomic mass is 10.0. The molecular weight excluding hydrogens is 715 g/mol. The number of allylic oxidation sites excluding steroid dienone is 10. The summed E-state index contributed by atoms with van der Waals surface area (Å²) in [5.41, 5.74) is 0. The first-order valence-electron chi connectivity index (χ1n) is 22.8. The van der Waals surface area contributed by atoms with Crippen LogP contribution >= 0.6 is 0 Å². The molecule has 0 amide bonds. The molecule has 0 aromatic carbocycles. The van der Waals surface area contributed by atoms with Crippen LogP contribution in [0.2, 0.25) is 0 Å². The van der Waals surface area contributed by atoms with Crippen LogP contribution in [0.1, 0.15) is 181 Å². The van der Waals surface area contributed by atoms with Gasteiger partial charge in [-0.3, -0.25) is 9.59 Å². The molecule has 8 heteroatoms. The Hall–Kier alpha value is -2.97. The van der Waals surface area contributed by atoms with Crippen molar-refractivity contribution in [1.82, 2.24) is 0 Å². The molecule has 0 bridgehead atoms. The van der Waals surface area contributed by atoms with E-state index in [1.165, 1.54) is 83.5 Å². The van der Waals surface area contributed by atoms with E-state index in [0.717, 1.165) is 57.8 Å². The molecule has 0 radical (unpaired) electrons. The number of quaternary nitrogens is 1. The summed E-state index contributed by atoms with van der Waals surface area (Å²) >= 11 is 0. The Kier molecular flexibility index (Phi) is 37.8. The van der Waals surface area contributed by atoms with E-state index in [1.807, 2.05) is 21.1 Å². The van der Waals surface area contributed by atoms with Crippen LogP contribution < -0.4 is 0 Å². The molecule has 0 heterocycles. The van der Waals surface area contributed by atoms with Crippen molar-refractivity contribution in [3.63, 3.8) is 0 Å². The molecule has 2 atom stereocenters. The van der Waals surface area contributed by atoms with Crippen LogP contribution in [0.5, 0.6) is 0 Å². The molecule has 57 heavy (non-hydrogen) atoms. The van der Waals surface area contributed by atoms with E-state index in [4.69, 9.17) is 14.2 Å². The zero-order valence-electron chi connectivity index (χ0n) is 37.3. The van der Waals surface area contributed by atoms with E-state index in [1.54, 1.807) is 0 Å². The number of likely N-dealkylation sites (N-methyl/N-ethyl adjacent to an activating group) is 1. The second-order valence-corrected chi connectivity index (χ2v) is 16.3. The van der Waals surface area contributed by atoms with Crippen LogP contribution in [0.3, 0.4) is 0 Å². The molecule has 0 saturated heterocycles. The summed E-state index contributed by atoms with van der Waals surface area (Å²) in [6.07, 6.45) is 48.3. The average molecular weight is 801 g/mol. The second-order valence-electron chi connectivity index (χ2n) is 16.3. The molecule has 0 rings (SSSR count). The van der Waals surface area contributed by atoms with Gasteiger partial charge in [-0.05, 0) is 64.2 Å². The number of ether oxygens (including phenoxy) is 3. The monoisotopic (exact) mass is 801 g/mol. The summed E-state index contributed by atoms with van der Waals surface area (Å²) < 4.78 is 17.2. The van der Waals surface area contributed by atoms with E-state index in [0.29, 0.717) is 19.3 Å². The minimum atomic E-state index is -0.883. The Morgan fingerprint density at radius 1 is 0.526 bits per heavy atom. The lowest BCUT2D eigenvalue weighted by molar-refractivity contribution is -0.887. The van der Waals surface area contributed by atoms with Crippen LogP contribution in [0, 0.1) is 0 Å². The van der Waals surface area contributed by atoms with E-state index in [2.05, 4.69) is 74.6 Å². The van der Waals surface area contributed by atoms with E-state index in [-0.39, 0.29) is 42.7 Å². The fourth-order valence-electron chi connectivity index (χ4n) is 6.34. The third-order valence-corrected chi connectivity index (χ3v) is 9.92. The quantitative estimate of drug-likeness (QED) is 0.0285. The van der Waals surface area contributed by atoms with Crippen LogP contribution in [-0.4, -0.2) is 80.6 Å². The minimum Gasteiger partial charge on any atom is -0.477 e. The number of esters is 2. The normalized spacial score (nSPS) is 13.5. The second kappa shape index (κ2) is 39.8. The molecule has 0 spiro atoms. The molecule has 8 nitrogen and oxygen atoms in total. The molecule has 328 valence electrons. The van der Waals surface area contributed by atoms with Gasteiger partial charge in [0, 0.05) is 19.3 Å². The fraction of sp³-hybridized carbons (Fsp3) is 0.735. The molecule has 0 aromatic rings. The van der Waals surface area contributed by atoms with Gasteiger partial charge in [0.2, 0.25) is 0 Å². The Bertz CT molecular complexity index is 1120. The van der Waals surface area contributed by atoms with Crippen molar-refractivity contribution in [3.05, 3.63) is 60.8 Å². The Morgan fingerprint density at radius 3 is 1.40 bits per heavy atom. The maximum absolute atomic E-state index is 12.7. The maximum atomic E-state index is 12.7. The summed E-state index contributed by atoms with van der Waals surface area (Å²) in [4.78, 5) is 37.0. The fourth-order valence-corrected chi connectivity index (χ4v) is 6.34. The number of nitrogens with zero attached hydrogens (tertiary/aromatic N) is 1. The van der Waals surface area contributed by atoms with Gasteiger partial charge in [0.05, 0.1) is 34.4 Å². The van der Waals surface area contributed by atoms with E-state index in [9.17, 15) is 19.5 Å². The van der Waals surface area contributed by atoms with Gasteiger partial charge in [-0.1, -0.05) is 158 Å². The maximum Gasteiger partial charge on any atom is 0.362 e. The predicted molar refractivity (Wildman–Crippen MR) is 238 cm³/mol. The van der Waals surface area contributed by atoms with E-state index >= 15 is 0 Å². The van der Waals surface area contributed by atoms with Crippen molar-refractivity contribution in [3.8, 4) is 0 Å². The first kappa shape index (κ1) is 54.0. The highest BCUT2D eigenvalue weighted by molar-refractivity contribution is 5.72. The average Bonchev–Trinajstić information content (AvgIpc) is 3.17. The molecule has 0 saturated carbocycles. The van der Waals surface area contributed by atoms with Gasteiger partial charge in [-0.25, -0.2) is 4.79 Å². The first-order chi connectivity index (χ1) is 27.6. The highest BCUT2D eigenvalue weighted by Gasteiger charge is 2.31. The summed E-state index contributed by atoms with van der Waals surface area (Å²) in [5, 5.41) is 9.62. The zero-order chi connectivity index (χ0) is 42.1. The number of carboxylic acid groups (broad SMARTS) is 1. The Morgan fingerprint density at radius 2 is 0.930 bits per heavy atom. The summed E-state index contributed by atoms with van der Waals surface area (Å²) in [7, 11) is 5.51. The number of carbonyl (C=O) groups excluding carboxylic acids is 2. The predicted octanol–water partition coefficient (Wildman–Crippen LogP) is 12.6. The van der Waals surface area contributed by atoms with Gasteiger partial charge in [0.1, 0.15) is 6.61 Å². The van der Waals surface area contributed by atoms with Gasteiger partial charge >= 0.3 is 17.9 Å². The van der Waals surface area contributed by atoms with Crippen molar-refractivity contribution in [1.29, 1.82) is 0 Å². The number of rotatable bonds is 40. The highest BCUT2D eigenvalue weighted by Crippen LogP contribution is 2.14. The lowest BCUT2D eigenvalue weighted by Gasteiger charge is -2.31. The smallest absolute Gasteiger partial charge is 0.362 e.